The van der Waals surface area contributed by atoms with E-state index in [9.17, 15) is 0 Å². The van der Waals surface area contributed by atoms with Crippen molar-refractivity contribution in [2.45, 2.75) is 19.9 Å². The summed E-state index contributed by atoms with van der Waals surface area (Å²) in [5, 5.41) is 12.2. The molecule has 2 N–H and O–H groups in total. The zero-order chi connectivity index (χ0) is 18.8. The minimum absolute atomic E-state index is 0. The van der Waals surface area contributed by atoms with Crippen LogP contribution >= 0.6 is 24.0 Å². The summed E-state index contributed by atoms with van der Waals surface area (Å²) in [6, 6.07) is 5.74. The molecule has 0 aromatic heterocycles. The molecule has 0 radical (unpaired) electrons. The number of rotatable bonds is 9. The van der Waals surface area contributed by atoms with Crippen molar-refractivity contribution in [3.05, 3.63) is 23.8 Å². The average molecular weight is 493 g/mol. The molecule has 1 saturated heterocycles. The van der Waals surface area contributed by atoms with Gasteiger partial charge in [0.25, 0.3) is 0 Å². The molecule has 1 aromatic carbocycles. The van der Waals surface area contributed by atoms with Crippen LogP contribution in [0.15, 0.2) is 23.2 Å². The lowest BCUT2D eigenvalue weighted by Gasteiger charge is -2.24. The third-order valence-electron chi connectivity index (χ3n) is 4.24. The van der Waals surface area contributed by atoms with E-state index in [2.05, 4.69) is 24.2 Å². The number of benzene rings is 1. The van der Waals surface area contributed by atoms with Gasteiger partial charge in [-0.1, -0.05) is 6.07 Å². The van der Waals surface area contributed by atoms with Crippen molar-refractivity contribution in [3.8, 4) is 11.5 Å². The number of aliphatic hydroxyl groups is 1. The predicted molar refractivity (Wildman–Crippen MR) is 117 cm³/mol. The van der Waals surface area contributed by atoms with Gasteiger partial charge in [0, 0.05) is 32.7 Å². The maximum absolute atomic E-state index is 8.89. The van der Waals surface area contributed by atoms with Crippen LogP contribution in [0.1, 0.15) is 18.9 Å². The molecule has 1 heterocycles. The molecule has 1 aromatic rings. The van der Waals surface area contributed by atoms with Crippen LogP contribution in [-0.4, -0.2) is 69.6 Å². The first-order valence-corrected chi connectivity index (χ1v) is 9.15. The summed E-state index contributed by atoms with van der Waals surface area (Å²) in [5.41, 5.74) is 1.03. The highest BCUT2D eigenvalue weighted by molar-refractivity contribution is 14.0. The number of halogens is 1. The van der Waals surface area contributed by atoms with E-state index in [1.807, 2.05) is 18.2 Å². The average Bonchev–Trinajstić information content (AvgIpc) is 3.16. The molecule has 1 aliphatic rings. The fourth-order valence-electron chi connectivity index (χ4n) is 2.92. The second kappa shape index (κ2) is 13.0. The van der Waals surface area contributed by atoms with Crippen molar-refractivity contribution in [1.29, 1.82) is 0 Å². The predicted octanol–water partition coefficient (Wildman–Crippen LogP) is 2.12. The van der Waals surface area contributed by atoms with Gasteiger partial charge in [-0.15, -0.1) is 24.0 Å². The van der Waals surface area contributed by atoms with E-state index in [1.54, 1.807) is 7.11 Å². The van der Waals surface area contributed by atoms with Crippen LogP contribution in [0.5, 0.6) is 11.5 Å². The Hall–Kier alpha value is -1.26. The zero-order valence-corrected chi connectivity index (χ0v) is 18.8. The first-order chi connectivity index (χ1) is 12.7. The van der Waals surface area contributed by atoms with Crippen LogP contribution in [-0.2, 0) is 11.3 Å². The van der Waals surface area contributed by atoms with Gasteiger partial charge in [0.15, 0.2) is 17.5 Å². The summed E-state index contributed by atoms with van der Waals surface area (Å²) >= 11 is 0. The molecular weight excluding hydrogens is 461 g/mol. The summed E-state index contributed by atoms with van der Waals surface area (Å²) in [4.78, 5) is 6.91. The van der Waals surface area contributed by atoms with E-state index >= 15 is 0 Å². The molecule has 0 saturated carbocycles. The van der Waals surface area contributed by atoms with Crippen LogP contribution < -0.4 is 14.8 Å². The first-order valence-electron chi connectivity index (χ1n) is 9.15. The van der Waals surface area contributed by atoms with E-state index in [-0.39, 0.29) is 37.2 Å². The summed E-state index contributed by atoms with van der Waals surface area (Å²) in [6.45, 7) is 6.27. The third-order valence-corrected chi connectivity index (χ3v) is 4.24. The number of hydrogen-bond acceptors (Lipinski definition) is 5. The number of methoxy groups -OCH3 is 1. The molecule has 7 nitrogen and oxygen atoms in total. The van der Waals surface area contributed by atoms with Gasteiger partial charge in [-0.25, -0.2) is 4.99 Å². The molecule has 0 spiro atoms. The van der Waals surface area contributed by atoms with Crippen molar-refractivity contribution < 1.29 is 19.3 Å². The van der Waals surface area contributed by atoms with Crippen molar-refractivity contribution in [2.24, 2.45) is 10.9 Å². The second-order valence-corrected chi connectivity index (χ2v) is 6.34. The van der Waals surface area contributed by atoms with E-state index in [0.717, 1.165) is 44.2 Å². The Bertz CT molecular complexity index is 580. The van der Waals surface area contributed by atoms with Gasteiger partial charge in [-0.2, -0.15) is 0 Å². The van der Waals surface area contributed by atoms with Crippen molar-refractivity contribution in [2.75, 3.05) is 53.7 Å². The molecule has 0 amide bonds. The number of ether oxygens (including phenoxy) is 3. The Kier molecular flexibility index (Phi) is 11.5. The molecule has 1 fully saturated rings. The minimum atomic E-state index is -0.0282. The van der Waals surface area contributed by atoms with E-state index < -0.39 is 0 Å². The van der Waals surface area contributed by atoms with Crippen LogP contribution in [0.2, 0.25) is 0 Å². The summed E-state index contributed by atoms with van der Waals surface area (Å²) in [6.07, 6.45) is 1.11. The van der Waals surface area contributed by atoms with Gasteiger partial charge in [0.2, 0.25) is 0 Å². The quantitative estimate of drug-likeness (QED) is 0.312. The highest BCUT2D eigenvalue weighted by Crippen LogP contribution is 2.28. The molecule has 2 rings (SSSR count). The number of aliphatic imine (C=N–C) groups is 1. The van der Waals surface area contributed by atoms with E-state index in [4.69, 9.17) is 24.3 Å². The number of nitrogens with zero attached hydrogens (tertiary/aromatic N) is 2. The molecule has 1 aliphatic heterocycles. The third kappa shape index (κ3) is 7.71. The number of hydrogen-bond donors (Lipinski definition) is 2. The normalized spacial score (nSPS) is 16.6. The lowest BCUT2D eigenvalue weighted by atomic mass is 10.1. The van der Waals surface area contributed by atoms with Gasteiger partial charge < -0.3 is 29.5 Å². The van der Waals surface area contributed by atoms with E-state index in [1.165, 1.54) is 0 Å². The van der Waals surface area contributed by atoms with Gasteiger partial charge in [-0.05, 0) is 31.0 Å². The highest BCUT2D eigenvalue weighted by atomic mass is 127. The molecule has 1 unspecified atom stereocenters. The smallest absolute Gasteiger partial charge is 0.193 e. The Labute approximate surface area is 179 Å². The largest absolute Gasteiger partial charge is 0.493 e. The summed E-state index contributed by atoms with van der Waals surface area (Å²) in [5.74, 6) is 2.72. The minimum Gasteiger partial charge on any atom is -0.493 e. The van der Waals surface area contributed by atoms with Crippen molar-refractivity contribution in [1.82, 2.24) is 10.2 Å². The van der Waals surface area contributed by atoms with Crippen LogP contribution in [0, 0.1) is 5.92 Å². The monoisotopic (exact) mass is 493 g/mol. The topological polar surface area (TPSA) is 75.6 Å². The van der Waals surface area contributed by atoms with Gasteiger partial charge in [0.05, 0.1) is 26.9 Å². The standard InChI is InChI=1S/C19H31N3O4.HI/c1-4-20-19(22(2)13-16-7-9-25-14-16)21-12-15-5-6-17(26-10-8-23)18(11-15)24-3;/h5-6,11,16,23H,4,7-10,12-14H2,1-3H3,(H,20,21);1H. The van der Waals surface area contributed by atoms with Crippen molar-refractivity contribution >= 4 is 29.9 Å². The fraction of sp³-hybridized carbons (Fsp3) is 0.632. The Morgan fingerprint density at radius 2 is 2.22 bits per heavy atom. The Balaban J connectivity index is 0.00000364. The zero-order valence-electron chi connectivity index (χ0n) is 16.4. The molecule has 8 heteroatoms. The lowest BCUT2D eigenvalue weighted by Crippen LogP contribution is -2.41. The van der Waals surface area contributed by atoms with Gasteiger partial charge in [-0.3, -0.25) is 0 Å². The second-order valence-electron chi connectivity index (χ2n) is 6.34. The van der Waals surface area contributed by atoms with Crippen molar-refractivity contribution in [3.63, 3.8) is 0 Å². The highest BCUT2D eigenvalue weighted by Gasteiger charge is 2.19. The van der Waals surface area contributed by atoms with Crippen LogP contribution in [0.3, 0.4) is 0 Å². The molecular formula is C19H32IN3O4. The maximum Gasteiger partial charge on any atom is 0.193 e. The molecule has 1 atom stereocenters. The molecule has 0 bridgehead atoms. The summed E-state index contributed by atoms with van der Waals surface area (Å²) in [7, 11) is 3.67. The van der Waals surface area contributed by atoms with Gasteiger partial charge >= 0.3 is 0 Å². The Morgan fingerprint density at radius 1 is 1.41 bits per heavy atom. The molecule has 154 valence electrons. The van der Waals surface area contributed by atoms with Crippen LogP contribution in [0.4, 0.5) is 0 Å². The SMILES string of the molecule is CCNC(=NCc1ccc(OCCO)c(OC)c1)N(C)CC1CCOC1.I. The fourth-order valence-corrected chi connectivity index (χ4v) is 2.92. The maximum atomic E-state index is 8.89. The lowest BCUT2D eigenvalue weighted by molar-refractivity contribution is 0.181. The number of aliphatic hydroxyl groups excluding tert-OH is 1. The summed E-state index contributed by atoms with van der Waals surface area (Å²) < 4.78 is 16.3. The van der Waals surface area contributed by atoms with Gasteiger partial charge in [0.1, 0.15) is 6.61 Å². The van der Waals surface area contributed by atoms with Crippen LogP contribution in [0.25, 0.3) is 0 Å². The first kappa shape index (κ1) is 23.8. The number of nitrogens with one attached hydrogen (secondary N) is 1. The van der Waals surface area contributed by atoms with E-state index in [0.29, 0.717) is 24.0 Å². The Morgan fingerprint density at radius 3 is 2.85 bits per heavy atom. The molecule has 0 aliphatic carbocycles. The molecule has 27 heavy (non-hydrogen) atoms. The number of guanidine groups is 1.